The second-order valence-corrected chi connectivity index (χ2v) is 4.95. The fraction of sp³-hybridized carbons (Fsp3) is 0.615. The highest BCUT2D eigenvalue weighted by Crippen LogP contribution is 2.44. The summed E-state index contributed by atoms with van der Waals surface area (Å²) >= 11 is 0. The first-order valence-corrected chi connectivity index (χ1v) is 6.43. The predicted octanol–water partition coefficient (Wildman–Crippen LogP) is 1.64. The molecule has 1 saturated carbocycles. The number of nitrogens with zero attached hydrogens (tertiary/aromatic N) is 1. The average Bonchev–Trinajstić information content (AvgIpc) is 3.17. The van der Waals surface area contributed by atoms with Crippen LogP contribution in [0.5, 0.6) is 5.88 Å². The van der Waals surface area contributed by atoms with Crippen molar-refractivity contribution in [1.82, 2.24) is 4.98 Å². The lowest BCUT2D eigenvalue weighted by Gasteiger charge is -2.14. The fourth-order valence-electron chi connectivity index (χ4n) is 1.71. The Morgan fingerprint density at radius 3 is 2.89 bits per heavy atom. The molecule has 1 aliphatic carbocycles. The summed E-state index contributed by atoms with van der Waals surface area (Å²) in [5, 5.41) is 12.5. The van der Waals surface area contributed by atoms with Crippen LogP contribution >= 0.6 is 0 Å². The molecule has 18 heavy (non-hydrogen) atoms. The Hall–Kier alpha value is -1.49. The van der Waals surface area contributed by atoms with E-state index < -0.39 is 0 Å². The summed E-state index contributed by atoms with van der Waals surface area (Å²) in [4.78, 5) is 4.33. The van der Waals surface area contributed by atoms with Gasteiger partial charge in [-0.25, -0.2) is 0 Å². The highest BCUT2D eigenvalue weighted by molar-refractivity contribution is 5.53. The van der Waals surface area contributed by atoms with Crippen LogP contribution in [0.3, 0.4) is 0 Å². The van der Waals surface area contributed by atoms with E-state index in [4.69, 9.17) is 10.5 Å². The third kappa shape index (κ3) is 3.04. The zero-order valence-electron chi connectivity index (χ0n) is 10.8. The predicted molar refractivity (Wildman–Crippen MR) is 71.7 cm³/mol. The number of pyridine rings is 1. The van der Waals surface area contributed by atoms with Crippen molar-refractivity contribution in [2.75, 3.05) is 30.8 Å². The molecule has 1 heterocycles. The SMILES string of the molecule is CCCOc1nc(NCC2(CO)CC2)ccc1N. The van der Waals surface area contributed by atoms with Gasteiger partial charge in [0.05, 0.1) is 18.9 Å². The maximum absolute atomic E-state index is 9.24. The number of aliphatic hydroxyl groups excluding tert-OH is 1. The zero-order chi connectivity index (χ0) is 13.0. The lowest BCUT2D eigenvalue weighted by molar-refractivity contribution is 0.219. The molecule has 0 bridgehead atoms. The maximum Gasteiger partial charge on any atom is 0.239 e. The van der Waals surface area contributed by atoms with Crippen LogP contribution in [0.2, 0.25) is 0 Å². The molecule has 0 saturated heterocycles. The monoisotopic (exact) mass is 251 g/mol. The van der Waals surface area contributed by atoms with Gasteiger partial charge in [-0.05, 0) is 31.4 Å². The van der Waals surface area contributed by atoms with Crippen LogP contribution in [0.4, 0.5) is 11.5 Å². The Balaban J connectivity index is 1.96. The molecule has 1 aliphatic rings. The van der Waals surface area contributed by atoms with Gasteiger partial charge in [0.1, 0.15) is 5.82 Å². The molecule has 0 aromatic carbocycles. The van der Waals surface area contributed by atoms with Gasteiger partial charge in [0.25, 0.3) is 0 Å². The molecule has 0 unspecified atom stereocenters. The molecule has 0 atom stereocenters. The average molecular weight is 251 g/mol. The molecule has 4 N–H and O–H groups in total. The van der Waals surface area contributed by atoms with Crippen LogP contribution in [0.25, 0.3) is 0 Å². The molecule has 100 valence electrons. The van der Waals surface area contributed by atoms with Gasteiger partial charge >= 0.3 is 0 Å². The number of nitrogens with one attached hydrogen (secondary N) is 1. The Morgan fingerprint density at radius 2 is 2.28 bits per heavy atom. The standard InChI is InChI=1S/C13H21N3O2/c1-2-7-18-12-10(14)3-4-11(16-12)15-8-13(9-17)5-6-13/h3-4,17H,2,5-9,14H2,1H3,(H,15,16). The molecule has 1 fully saturated rings. The van der Waals surface area contributed by atoms with Crippen LogP contribution in [-0.4, -0.2) is 29.8 Å². The number of hydrogen-bond acceptors (Lipinski definition) is 5. The second kappa shape index (κ2) is 5.44. The summed E-state index contributed by atoms with van der Waals surface area (Å²) in [5.74, 6) is 1.23. The minimum Gasteiger partial charge on any atom is -0.476 e. The first-order chi connectivity index (χ1) is 8.69. The van der Waals surface area contributed by atoms with Gasteiger partial charge in [-0.3, -0.25) is 0 Å². The number of nitrogen functional groups attached to an aromatic ring is 1. The van der Waals surface area contributed by atoms with Crippen LogP contribution in [0, 0.1) is 5.41 Å². The summed E-state index contributed by atoms with van der Waals surface area (Å²) in [6, 6.07) is 3.63. The molecule has 0 amide bonds. The molecular weight excluding hydrogens is 230 g/mol. The van der Waals surface area contributed by atoms with E-state index in [9.17, 15) is 5.11 Å². The number of aromatic nitrogens is 1. The van der Waals surface area contributed by atoms with Gasteiger partial charge in [0.15, 0.2) is 0 Å². The van der Waals surface area contributed by atoms with Crippen LogP contribution < -0.4 is 15.8 Å². The third-order valence-electron chi connectivity index (χ3n) is 3.27. The first-order valence-electron chi connectivity index (χ1n) is 6.43. The van der Waals surface area contributed by atoms with E-state index in [1.165, 1.54) is 0 Å². The van der Waals surface area contributed by atoms with E-state index in [2.05, 4.69) is 10.3 Å². The van der Waals surface area contributed by atoms with E-state index in [1.807, 2.05) is 13.0 Å². The molecule has 0 spiro atoms. The number of ether oxygens (including phenoxy) is 1. The molecular formula is C13H21N3O2. The van der Waals surface area contributed by atoms with E-state index in [0.717, 1.165) is 31.6 Å². The minimum atomic E-state index is 0.0630. The number of anilines is 2. The number of aliphatic hydroxyl groups is 1. The molecule has 0 aliphatic heterocycles. The van der Waals surface area contributed by atoms with Crippen molar-refractivity contribution in [3.63, 3.8) is 0 Å². The maximum atomic E-state index is 9.24. The summed E-state index contributed by atoms with van der Waals surface area (Å²) in [5.41, 5.74) is 6.41. The molecule has 5 heteroatoms. The van der Waals surface area contributed by atoms with Crippen LogP contribution in [0.15, 0.2) is 12.1 Å². The largest absolute Gasteiger partial charge is 0.476 e. The molecule has 2 rings (SSSR count). The molecule has 1 aromatic rings. The number of rotatable bonds is 7. The first kappa shape index (κ1) is 13.0. The zero-order valence-corrected chi connectivity index (χ0v) is 10.8. The molecule has 1 aromatic heterocycles. The van der Waals surface area contributed by atoms with E-state index in [-0.39, 0.29) is 12.0 Å². The highest BCUT2D eigenvalue weighted by Gasteiger charge is 2.41. The second-order valence-electron chi connectivity index (χ2n) is 4.95. The normalized spacial score (nSPS) is 16.3. The van der Waals surface area contributed by atoms with Crippen molar-refractivity contribution >= 4 is 11.5 Å². The van der Waals surface area contributed by atoms with Crippen molar-refractivity contribution in [2.24, 2.45) is 5.41 Å². The Labute approximate surface area is 107 Å². The van der Waals surface area contributed by atoms with Crippen LogP contribution in [-0.2, 0) is 0 Å². The number of nitrogens with two attached hydrogens (primary N) is 1. The van der Waals surface area contributed by atoms with Gasteiger partial charge in [0.2, 0.25) is 5.88 Å². The number of hydrogen-bond donors (Lipinski definition) is 3. The van der Waals surface area contributed by atoms with Crippen molar-refractivity contribution in [1.29, 1.82) is 0 Å². The van der Waals surface area contributed by atoms with Gasteiger partial charge in [-0.2, -0.15) is 4.98 Å². The summed E-state index contributed by atoms with van der Waals surface area (Å²) in [6.45, 7) is 3.62. The van der Waals surface area contributed by atoms with Crippen molar-refractivity contribution < 1.29 is 9.84 Å². The lowest BCUT2D eigenvalue weighted by Crippen LogP contribution is -2.19. The van der Waals surface area contributed by atoms with Crippen LogP contribution in [0.1, 0.15) is 26.2 Å². The molecule has 5 nitrogen and oxygen atoms in total. The summed E-state index contributed by atoms with van der Waals surface area (Å²) in [6.07, 6.45) is 3.07. The van der Waals surface area contributed by atoms with Crippen molar-refractivity contribution in [3.8, 4) is 5.88 Å². The van der Waals surface area contributed by atoms with E-state index >= 15 is 0 Å². The topological polar surface area (TPSA) is 80.4 Å². The third-order valence-corrected chi connectivity index (χ3v) is 3.27. The smallest absolute Gasteiger partial charge is 0.239 e. The fourth-order valence-corrected chi connectivity index (χ4v) is 1.71. The lowest BCUT2D eigenvalue weighted by atomic mass is 10.1. The van der Waals surface area contributed by atoms with Crippen molar-refractivity contribution in [3.05, 3.63) is 12.1 Å². The van der Waals surface area contributed by atoms with Gasteiger partial charge in [-0.1, -0.05) is 6.92 Å². The van der Waals surface area contributed by atoms with Gasteiger partial charge in [-0.15, -0.1) is 0 Å². The van der Waals surface area contributed by atoms with Crippen molar-refractivity contribution in [2.45, 2.75) is 26.2 Å². The quantitative estimate of drug-likeness (QED) is 0.686. The highest BCUT2D eigenvalue weighted by atomic mass is 16.5. The minimum absolute atomic E-state index is 0.0630. The molecule has 0 radical (unpaired) electrons. The Morgan fingerprint density at radius 1 is 1.50 bits per heavy atom. The van der Waals surface area contributed by atoms with E-state index in [0.29, 0.717) is 18.2 Å². The summed E-state index contributed by atoms with van der Waals surface area (Å²) in [7, 11) is 0. The Kier molecular flexibility index (Phi) is 3.91. The van der Waals surface area contributed by atoms with Gasteiger partial charge < -0.3 is 20.9 Å². The summed E-state index contributed by atoms with van der Waals surface area (Å²) < 4.78 is 5.48. The van der Waals surface area contributed by atoms with Gasteiger partial charge in [0, 0.05) is 12.0 Å². The Bertz CT molecular complexity index is 405. The van der Waals surface area contributed by atoms with E-state index in [1.54, 1.807) is 6.07 Å².